The number of thiophene rings is 1. The summed E-state index contributed by atoms with van der Waals surface area (Å²) < 4.78 is 19.3. The maximum Gasteiger partial charge on any atom is 0.213 e. The van der Waals surface area contributed by atoms with Gasteiger partial charge in [0.25, 0.3) is 0 Å². The summed E-state index contributed by atoms with van der Waals surface area (Å²) in [5.74, 6) is 0. The second kappa shape index (κ2) is 10.0. The zero-order valence-electron chi connectivity index (χ0n) is 19.3. The van der Waals surface area contributed by atoms with Gasteiger partial charge in [-0.1, -0.05) is 6.07 Å². The smallest absolute Gasteiger partial charge is 0.213 e. The van der Waals surface area contributed by atoms with Crippen LogP contribution in [-0.4, -0.2) is 47.1 Å². The summed E-state index contributed by atoms with van der Waals surface area (Å²) in [5, 5.41) is 13.1. The third-order valence-corrected chi connectivity index (χ3v) is 7.33. The zero-order valence-corrected chi connectivity index (χ0v) is 20.1. The number of hydrogen-bond acceptors (Lipinski definition) is 6. The number of aryl methyl sites for hydroxylation is 2. The van der Waals surface area contributed by atoms with Crippen LogP contribution in [0.1, 0.15) is 56.7 Å². The number of ether oxygens (including phenoxy) is 1. The summed E-state index contributed by atoms with van der Waals surface area (Å²) in [6.45, 7) is 12.7. The van der Waals surface area contributed by atoms with Crippen molar-refractivity contribution < 1.29 is 14.2 Å². The molecule has 0 amide bonds. The van der Waals surface area contributed by atoms with E-state index in [9.17, 15) is 9.50 Å². The van der Waals surface area contributed by atoms with E-state index in [2.05, 4.69) is 41.2 Å². The molecule has 0 aliphatic carbocycles. The molecule has 2 N–H and O–H groups in total. The molecule has 0 radical (unpaired) electrons. The molecule has 2 atom stereocenters. The van der Waals surface area contributed by atoms with Gasteiger partial charge in [-0.05, 0) is 84.2 Å². The maximum atomic E-state index is 13.5. The number of hydrogen-bond donors (Lipinski definition) is 2. The number of aliphatic hydroxyl groups is 1. The van der Waals surface area contributed by atoms with Gasteiger partial charge in [0, 0.05) is 40.3 Å². The molecule has 3 rings (SSSR count). The van der Waals surface area contributed by atoms with Crippen LogP contribution in [-0.2, 0) is 16.7 Å². The standard InChI is InChI=1S/C24H36FN3O2S/c1-17(2)27-22(29)30-16-24(11-10-20-8-9-21(25)31-20)12-13-28(15-24)23(4,5)19-7-6-18(3)26-14-19/h6-9,14,17,22,27,29H,10-13,15-16H2,1-5H3. The van der Waals surface area contributed by atoms with Crippen molar-refractivity contribution in [1.29, 1.82) is 0 Å². The Morgan fingerprint density at radius 2 is 2.10 bits per heavy atom. The van der Waals surface area contributed by atoms with Crippen molar-refractivity contribution >= 4 is 11.3 Å². The molecular formula is C24H36FN3O2S. The molecule has 7 heteroatoms. The van der Waals surface area contributed by atoms with Gasteiger partial charge in [0.15, 0.2) is 5.13 Å². The van der Waals surface area contributed by atoms with Crippen molar-refractivity contribution in [2.45, 2.75) is 71.9 Å². The highest BCUT2D eigenvalue weighted by Gasteiger charge is 2.44. The van der Waals surface area contributed by atoms with Gasteiger partial charge < -0.3 is 9.84 Å². The summed E-state index contributed by atoms with van der Waals surface area (Å²) >= 11 is 1.22. The molecule has 5 nitrogen and oxygen atoms in total. The van der Waals surface area contributed by atoms with Crippen molar-refractivity contribution in [3.63, 3.8) is 0 Å². The van der Waals surface area contributed by atoms with Crippen LogP contribution in [0.3, 0.4) is 0 Å². The average molecular weight is 450 g/mol. The molecule has 1 saturated heterocycles. The molecule has 31 heavy (non-hydrogen) atoms. The summed E-state index contributed by atoms with van der Waals surface area (Å²) in [6.07, 6.45) is 3.65. The average Bonchev–Trinajstić information content (AvgIpc) is 3.32. The number of rotatable bonds is 10. The van der Waals surface area contributed by atoms with Crippen LogP contribution < -0.4 is 5.32 Å². The lowest BCUT2D eigenvalue weighted by atomic mass is 9.82. The Morgan fingerprint density at radius 1 is 1.32 bits per heavy atom. The van der Waals surface area contributed by atoms with E-state index in [-0.39, 0.29) is 22.1 Å². The maximum absolute atomic E-state index is 13.5. The molecule has 1 aliphatic heterocycles. The normalized spacial score (nSPS) is 21.2. The van der Waals surface area contributed by atoms with Gasteiger partial charge in [0.2, 0.25) is 6.41 Å². The minimum atomic E-state index is -0.987. The quantitative estimate of drug-likeness (QED) is 0.525. The van der Waals surface area contributed by atoms with Crippen LogP contribution in [0.2, 0.25) is 0 Å². The van der Waals surface area contributed by atoms with Crippen molar-refractivity contribution in [1.82, 2.24) is 15.2 Å². The van der Waals surface area contributed by atoms with Crippen molar-refractivity contribution in [2.75, 3.05) is 19.7 Å². The molecule has 0 saturated carbocycles. The van der Waals surface area contributed by atoms with E-state index in [4.69, 9.17) is 4.74 Å². The molecule has 0 bridgehead atoms. The van der Waals surface area contributed by atoms with Gasteiger partial charge in [-0.15, -0.1) is 11.3 Å². The highest BCUT2D eigenvalue weighted by molar-refractivity contribution is 7.10. The van der Waals surface area contributed by atoms with Gasteiger partial charge in [-0.25, -0.2) is 0 Å². The number of halogens is 1. The Balaban J connectivity index is 1.73. The fourth-order valence-corrected chi connectivity index (χ4v) is 5.01. The first kappa shape index (κ1) is 24.3. The molecule has 172 valence electrons. The first-order valence-corrected chi connectivity index (χ1v) is 11.9. The second-order valence-corrected chi connectivity index (χ2v) is 10.7. The minimum Gasteiger partial charge on any atom is -0.356 e. The van der Waals surface area contributed by atoms with Gasteiger partial charge in [-0.3, -0.25) is 15.2 Å². The number of nitrogens with one attached hydrogen (secondary N) is 1. The van der Waals surface area contributed by atoms with Crippen LogP contribution in [0.5, 0.6) is 0 Å². The van der Waals surface area contributed by atoms with Crippen molar-refractivity contribution in [3.05, 3.63) is 51.7 Å². The van der Waals surface area contributed by atoms with Crippen molar-refractivity contribution in [2.24, 2.45) is 5.41 Å². The van der Waals surface area contributed by atoms with Crippen LogP contribution in [0.25, 0.3) is 0 Å². The zero-order chi connectivity index (χ0) is 22.6. The van der Waals surface area contributed by atoms with Crippen LogP contribution in [0, 0.1) is 17.5 Å². The first-order valence-electron chi connectivity index (χ1n) is 11.1. The Hall–Kier alpha value is -1.38. The van der Waals surface area contributed by atoms with E-state index >= 15 is 0 Å². The minimum absolute atomic E-state index is 0.102. The van der Waals surface area contributed by atoms with E-state index in [1.54, 1.807) is 0 Å². The summed E-state index contributed by atoms with van der Waals surface area (Å²) in [7, 11) is 0. The van der Waals surface area contributed by atoms with Gasteiger partial charge in [-0.2, -0.15) is 4.39 Å². The van der Waals surface area contributed by atoms with Crippen molar-refractivity contribution in [3.8, 4) is 0 Å². The van der Waals surface area contributed by atoms with Crippen LogP contribution in [0.15, 0.2) is 30.5 Å². The second-order valence-electron chi connectivity index (χ2n) is 9.61. The van der Waals surface area contributed by atoms with Crippen LogP contribution >= 0.6 is 11.3 Å². The van der Waals surface area contributed by atoms with E-state index in [0.717, 1.165) is 42.9 Å². The van der Waals surface area contributed by atoms with Crippen LogP contribution in [0.4, 0.5) is 4.39 Å². The molecule has 1 fully saturated rings. The lowest BCUT2D eigenvalue weighted by Gasteiger charge is -2.38. The highest BCUT2D eigenvalue weighted by Crippen LogP contribution is 2.42. The number of nitrogens with zero attached hydrogens (tertiary/aromatic N) is 2. The molecule has 2 aromatic rings. The van der Waals surface area contributed by atoms with E-state index in [0.29, 0.717) is 6.61 Å². The van der Waals surface area contributed by atoms with E-state index in [1.807, 2.05) is 33.0 Å². The fraction of sp³-hybridized carbons (Fsp3) is 0.625. The number of aliphatic hydroxyl groups excluding tert-OH is 1. The van der Waals surface area contributed by atoms with Gasteiger partial charge >= 0.3 is 0 Å². The molecule has 2 unspecified atom stereocenters. The third kappa shape index (κ3) is 6.33. The molecular weight excluding hydrogens is 413 g/mol. The summed E-state index contributed by atoms with van der Waals surface area (Å²) in [6, 6.07) is 7.76. The first-order chi connectivity index (χ1) is 14.6. The number of aromatic nitrogens is 1. The largest absolute Gasteiger partial charge is 0.356 e. The molecule has 1 aliphatic rings. The predicted octanol–water partition coefficient (Wildman–Crippen LogP) is 4.44. The lowest BCUT2D eigenvalue weighted by Crippen LogP contribution is -2.44. The molecule has 0 spiro atoms. The highest BCUT2D eigenvalue weighted by atomic mass is 32.1. The SMILES string of the molecule is Cc1ccc(C(C)(C)N2CCC(CCc3ccc(F)s3)(COC(O)NC(C)C)C2)cn1. The summed E-state index contributed by atoms with van der Waals surface area (Å²) in [5.41, 5.74) is 1.94. The topological polar surface area (TPSA) is 57.6 Å². The fourth-order valence-electron chi connectivity index (χ4n) is 4.28. The third-order valence-electron chi connectivity index (χ3n) is 6.40. The number of pyridine rings is 1. The lowest BCUT2D eigenvalue weighted by molar-refractivity contribution is -0.147. The Bertz CT molecular complexity index is 840. The molecule has 0 aromatic carbocycles. The Labute approximate surface area is 189 Å². The van der Waals surface area contributed by atoms with Gasteiger partial charge in [0.1, 0.15) is 0 Å². The summed E-state index contributed by atoms with van der Waals surface area (Å²) in [4.78, 5) is 8.03. The van der Waals surface area contributed by atoms with Gasteiger partial charge in [0.05, 0.1) is 6.61 Å². The Morgan fingerprint density at radius 3 is 2.71 bits per heavy atom. The van der Waals surface area contributed by atoms with E-state index in [1.165, 1.54) is 23.0 Å². The van der Waals surface area contributed by atoms with E-state index < -0.39 is 6.41 Å². The predicted molar refractivity (Wildman–Crippen MR) is 123 cm³/mol. The Kier molecular flexibility index (Phi) is 7.86. The monoisotopic (exact) mass is 449 g/mol. The number of likely N-dealkylation sites (tertiary alicyclic amines) is 1. The molecule has 3 heterocycles. The molecule has 2 aromatic heterocycles.